The summed E-state index contributed by atoms with van der Waals surface area (Å²) in [5.74, 6) is 0. The van der Waals surface area contributed by atoms with Crippen LogP contribution in [-0.2, 0) is 0 Å². The summed E-state index contributed by atoms with van der Waals surface area (Å²) < 4.78 is 0. The summed E-state index contributed by atoms with van der Waals surface area (Å²) in [4.78, 5) is 5.16. The van der Waals surface area contributed by atoms with Crippen LogP contribution < -0.4 is 5.32 Å². The van der Waals surface area contributed by atoms with Gasteiger partial charge >= 0.3 is 0 Å². The standard InChI is InChI=1S/C13H29N3/c1-11(2)16(12(3)4)9-8-15-7-6-13(10-15)14-5/h11-14H,6-10H2,1-5H3. The van der Waals surface area contributed by atoms with Gasteiger partial charge in [0.25, 0.3) is 0 Å². The molecule has 1 aliphatic rings. The Hall–Kier alpha value is -0.120. The largest absolute Gasteiger partial charge is 0.316 e. The van der Waals surface area contributed by atoms with E-state index in [-0.39, 0.29) is 0 Å². The Morgan fingerprint density at radius 2 is 1.88 bits per heavy atom. The Bertz CT molecular complexity index is 184. The van der Waals surface area contributed by atoms with E-state index in [0.29, 0.717) is 18.1 Å². The second-order valence-electron chi connectivity index (χ2n) is 5.50. The number of likely N-dealkylation sites (tertiary alicyclic amines) is 1. The zero-order valence-corrected chi connectivity index (χ0v) is 11.7. The molecule has 3 heteroatoms. The highest BCUT2D eigenvalue weighted by atomic mass is 15.2. The summed E-state index contributed by atoms with van der Waals surface area (Å²) in [6, 6.07) is 2.02. The van der Waals surface area contributed by atoms with Crippen molar-refractivity contribution in [2.75, 3.05) is 33.2 Å². The minimum atomic E-state index is 0.655. The minimum Gasteiger partial charge on any atom is -0.316 e. The first-order valence-corrected chi connectivity index (χ1v) is 6.70. The molecule has 0 aromatic heterocycles. The van der Waals surface area contributed by atoms with Crippen molar-refractivity contribution >= 4 is 0 Å². The molecule has 0 spiro atoms. The number of hydrogen-bond acceptors (Lipinski definition) is 3. The lowest BCUT2D eigenvalue weighted by molar-refractivity contribution is 0.151. The molecule has 0 aromatic carbocycles. The van der Waals surface area contributed by atoms with Gasteiger partial charge in [-0.25, -0.2) is 0 Å². The molecule has 1 atom stereocenters. The van der Waals surface area contributed by atoms with Crippen molar-refractivity contribution in [3.05, 3.63) is 0 Å². The molecule has 0 amide bonds. The average molecular weight is 227 g/mol. The predicted molar refractivity (Wildman–Crippen MR) is 70.9 cm³/mol. The van der Waals surface area contributed by atoms with Gasteiger partial charge < -0.3 is 10.2 Å². The van der Waals surface area contributed by atoms with E-state index in [1.54, 1.807) is 0 Å². The summed E-state index contributed by atoms with van der Waals surface area (Å²) in [7, 11) is 2.07. The maximum absolute atomic E-state index is 3.37. The summed E-state index contributed by atoms with van der Waals surface area (Å²) in [5.41, 5.74) is 0. The van der Waals surface area contributed by atoms with E-state index in [1.165, 1.54) is 32.6 Å². The minimum absolute atomic E-state index is 0.655. The SMILES string of the molecule is CNC1CCN(CCN(C(C)C)C(C)C)C1. The third-order valence-electron chi connectivity index (χ3n) is 3.68. The molecule has 1 aliphatic heterocycles. The molecule has 1 N–H and O–H groups in total. The van der Waals surface area contributed by atoms with E-state index < -0.39 is 0 Å². The van der Waals surface area contributed by atoms with Crippen LogP contribution in [-0.4, -0.2) is 61.2 Å². The average Bonchev–Trinajstić information content (AvgIpc) is 2.65. The van der Waals surface area contributed by atoms with Crippen LogP contribution in [0.4, 0.5) is 0 Å². The molecule has 0 saturated carbocycles. The second-order valence-corrected chi connectivity index (χ2v) is 5.50. The quantitative estimate of drug-likeness (QED) is 0.740. The van der Waals surface area contributed by atoms with Crippen LogP contribution in [0.15, 0.2) is 0 Å². The zero-order valence-electron chi connectivity index (χ0n) is 11.7. The van der Waals surface area contributed by atoms with Crippen molar-refractivity contribution in [2.24, 2.45) is 0 Å². The molecule has 96 valence electrons. The van der Waals surface area contributed by atoms with Gasteiger partial charge in [0.2, 0.25) is 0 Å². The molecule has 0 aromatic rings. The van der Waals surface area contributed by atoms with Gasteiger partial charge in [-0.3, -0.25) is 4.90 Å². The first kappa shape index (κ1) is 13.9. The van der Waals surface area contributed by atoms with Crippen LogP contribution in [0.5, 0.6) is 0 Å². The molecule has 0 radical (unpaired) electrons. The highest BCUT2D eigenvalue weighted by molar-refractivity contribution is 4.80. The number of likely N-dealkylation sites (N-methyl/N-ethyl adjacent to an activating group) is 1. The van der Waals surface area contributed by atoms with Gasteiger partial charge in [0, 0.05) is 37.8 Å². The van der Waals surface area contributed by atoms with Gasteiger partial charge in [-0.05, 0) is 47.7 Å². The fraction of sp³-hybridized carbons (Fsp3) is 1.00. The second kappa shape index (κ2) is 6.58. The van der Waals surface area contributed by atoms with Crippen LogP contribution >= 0.6 is 0 Å². The van der Waals surface area contributed by atoms with Crippen molar-refractivity contribution in [3.63, 3.8) is 0 Å². The Morgan fingerprint density at radius 1 is 1.25 bits per heavy atom. The third-order valence-corrected chi connectivity index (χ3v) is 3.68. The lowest BCUT2D eigenvalue weighted by atomic mass is 10.2. The summed E-state index contributed by atoms with van der Waals surface area (Å²) >= 11 is 0. The highest BCUT2D eigenvalue weighted by Crippen LogP contribution is 2.10. The van der Waals surface area contributed by atoms with Crippen LogP contribution in [0.3, 0.4) is 0 Å². The molecular weight excluding hydrogens is 198 g/mol. The molecule has 16 heavy (non-hydrogen) atoms. The van der Waals surface area contributed by atoms with Crippen molar-refractivity contribution in [1.29, 1.82) is 0 Å². The Kier molecular flexibility index (Phi) is 5.73. The Labute approximate surface area is 101 Å². The summed E-state index contributed by atoms with van der Waals surface area (Å²) in [5, 5.41) is 3.37. The molecule has 1 saturated heterocycles. The van der Waals surface area contributed by atoms with Crippen molar-refractivity contribution in [3.8, 4) is 0 Å². The summed E-state index contributed by atoms with van der Waals surface area (Å²) in [6.45, 7) is 14.1. The smallest absolute Gasteiger partial charge is 0.0204 e. The monoisotopic (exact) mass is 227 g/mol. The molecule has 1 rings (SSSR count). The van der Waals surface area contributed by atoms with Gasteiger partial charge in [0.05, 0.1) is 0 Å². The third kappa shape index (κ3) is 4.04. The molecule has 0 aliphatic carbocycles. The maximum atomic E-state index is 3.37. The summed E-state index contributed by atoms with van der Waals surface area (Å²) in [6.07, 6.45) is 1.31. The van der Waals surface area contributed by atoms with E-state index in [4.69, 9.17) is 0 Å². The van der Waals surface area contributed by atoms with Gasteiger partial charge in [0.1, 0.15) is 0 Å². The van der Waals surface area contributed by atoms with Gasteiger partial charge in [-0.2, -0.15) is 0 Å². The fourth-order valence-electron chi connectivity index (χ4n) is 2.64. The zero-order chi connectivity index (χ0) is 12.1. The van der Waals surface area contributed by atoms with Crippen molar-refractivity contribution in [2.45, 2.75) is 52.2 Å². The highest BCUT2D eigenvalue weighted by Gasteiger charge is 2.22. The lowest BCUT2D eigenvalue weighted by Gasteiger charge is -2.32. The van der Waals surface area contributed by atoms with Gasteiger partial charge in [0.15, 0.2) is 0 Å². The van der Waals surface area contributed by atoms with Crippen LogP contribution in [0.25, 0.3) is 0 Å². The molecule has 1 unspecified atom stereocenters. The number of hydrogen-bond donors (Lipinski definition) is 1. The predicted octanol–water partition coefficient (Wildman–Crippen LogP) is 1.40. The molecule has 3 nitrogen and oxygen atoms in total. The van der Waals surface area contributed by atoms with Crippen molar-refractivity contribution in [1.82, 2.24) is 15.1 Å². The molecule has 1 fully saturated rings. The van der Waals surface area contributed by atoms with Crippen molar-refractivity contribution < 1.29 is 0 Å². The van der Waals surface area contributed by atoms with Crippen LogP contribution in [0.1, 0.15) is 34.1 Å². The first-order valence-electron chi connectivity index (χ1n) is 6.70. The Balaban J connectivity index is 2.28. The first-order chi connectivity index (χ1) is 7.54. The fourth-order valence-corrected chi connectivity index (χ4v) is 2.64. The van der Waals surface area contributed by atoms with Gasteiger partial charge in [-0.1, -0.05) is 0 Å². The van der Waals surface area contributed by atoms with Crippen LogP contribution in [0, 0.1) is 0 Å². The Morgan fingerprint density at radius 3 is 2.31 bits per heavy atom. The topological polar surface area (TPSA) is 18.5 Å². The van der Waals surface area contributed by atoms with E-state index in [2.05, 4.69) is 49.9 Å². The van der Waals surface area contributed by atoms with Gasteiger partial charge in [-0.15, -0.1) is 0 Å². The lowest BCUT2D eigenvalue weighted by Crippen LogP contribution is -2.42. The molecule has 1 heterocycles. The van der Waals surface area contributed by atoms with E-state index >= 15 is 0 Å². The number of rotatable bonds is 6. The number of nitrogens with one attached hydrogen (secondary N) is 1. The van der Waals surface area contributed by atoms with E-state index in [9.17, 15) is 0 Å². The molecule has 0 bridgehead atoms. The molecular formula is C13H29N3. The van der Waals surface area contributed by atoms with E-state index in [0.717, 1.165) is 0 Å². The maximum Gasteiger partial charge on any atom is 0.0204 e. The normalized spacial score (nSPS) is 22.9. The van der Waals surface area contributed by atoms with E-state index in [1.807, 2.05) is 0 Å². The van der Waals surface area contributed by atoms with Crippen LogP contribution in [0.2, 0.25) is 0 Å². The number of nitrogens with zero attached hydrogens (tertiary/aromatic N) is 2.